The molecule has 0 radical (unpaired) electrons. The lowest BCUT2D eigenvalue weighted by Crippen LogP contribution is -2.24. The fourth-order valence-corrected chi connectivity index (χ4v) is 3.40. The Bertz CT molecular complexity index is 1030. The number of amides is 1. The summed E-state index contributed by atoms with van der Waals surface area (Å²) in [5, 5.41) is 11.9. The van der Waals surface area contributed by atoms with Gasteiger partial charge in [0.05, 0.1) is 35.8 Å². The molecule has 1 heterocycles. The van der Waals surface area contributed by atoms with E-state index in [2.05, 4.69) is 11.4 Å². The van der Waals surface area contributed by atoms with Crippen LogP contribution in [-0.2, 0) is 22.7 Å². The topological polar surface area (TPSA) is 92.3 Å². The Labute approximate surface area is 172 Å². The zero-order chi connectivity index (χ0) is 20.5. The van der Waals surface area contributed by atoms with Crippen LogP contribution < -0.4 is 5.32 Å². The summed E-state index contributed by atoms with van der Waals surface area (Å²) in [7, 11) is 0. The second-order valence-corrected chi connectivity index (χ2v) is 7.00. The zero-order valence-electron chi connectivity index (χ0n) is 15.5. The summed E-state index contributed by atoms with van der Waals surface area (Å²) in [6.45, 7) is 0.319. The van der Waals surface area contributed by atoms with E-state index in [1.165, 1.54) is 11.8 Å². The van der Waals surface area contributed by atoms with E-state index in [0.29, 0.717) is 33.9 Å². The number of hydrogen-bond acceptors (Lipinski definition) is 6. The van der Waals surface area contributed by atoms with Gasteiger partial charge in [-0.2, -0.15) is 5.26 Å². The van der Waals surface area contributed by atoms with Gasteiger partial charge in [0.25, 0.3) is 0 Å². The number of carbonyl (C=O) groups excluding carboxylic acids is 2. The average Bonchev–Trinajstić information content (AvgIpc) is 3.28. The van der Waals surface area contributed by atoms with Crippen molar-refractivity contribution >= 4 is 23.6 Å². The average molecular weight is 406 g/mol. The maximum absolute atomic E-state index is 12.5. The molecule has 6 nitrogen and oxygen atoms in total. The fourth-order valence-electron chi connectivity index (χ4n) is 2.53. The Morgan fingerprint density at radius 2 is 1.86 bits per heavy atom. The van der Waals surface area contributed by atoms with E-state index in [1.54, 1.807) is 66.9 Å². The molecule has 0 unspecified atom stereocenters. The summed E-state index contributed by atoms with van der Waals surface area (Å²) in [5.41, 5.74) is 1.49. The van der Waals surface area contributed by atoms with Gasteiger partial charge in [0.15, 0.2) is 0 Å². The maximum atomic E-state index is 12.5. The summed E-state index contributed by atoms with van der Waals surface area (Å²) in [4.78, 5) is 25.2. The molecule has 1 amide bonds. The molecule has 3 rings (SSSR count). The van der Waals surface area contributed by atoms with E-state index >= 15 is 0 Å². The van der Waals surface area contributed by atoms with Gasteiger partial charge >= 0.3 is 5.97 Å². The number of thioether (sulfide) groups is 1. The van der Waals surface area contributed by atoms with E-state index in [4.69, 9.17) is 14.4 Å². The van der Waals surface area contributed by atoms with Gasteiger partial charge in [0, 0.05) is 10.5 Å². The largest absolute Gasteiger partial charge is 0.467 e. The van der Waals surface area contributed by atoms with Gasteiger partial charge in [-0.05, 0) is 30.3 Å². The van der Waals surface area contributed by atoms with Crippen molar-refractivity contribution < 1.29 is 18.7 Å². The highest BCUT2D eigenvalue weighted by Crippen LogP contribution is 2.24. The van der Waals surface area contributed by atoms with Crippen molar-refractivity contribution in [2.45, 2.75) is 18.0 Å². The first-order valence-corrected chi connectivity index (χ1v) is 9.82. The van der Waals surface area contributed by atoms with Crippen LogP contribution in [0.3, 0.4) is 0 Å². The summed E-state index contributed by atoms with van der Waals surface area (Å²) >= 11 is 1.25. The highest BCUT2D eigenvalue weighted by atomic mass is 32.2. The number of carbonyl (C=O) groups is 2. The molecular weight excluding hydrogens is 388 g/mol. The Morgan fingerprint density at radius 1 is 1.07 bits per heavy atom. The highest BCUT2D eigenvalue weighted by molar-refractivity contribution is 8.00. The van der Waals surface area contributed by atoms with Gasteiger partial charge in [0.2, 0.25) is 5.91 Å². The third-order valence-electron chi connectivity index (χ3n) is 4.00. The number of ether oxygens (including phenoxy) is 1. The first-order valence-electron chi connectivity index (χ1n) is 8.83. The minimum atomic E-state index is -0.503. The van der Waals surface area contributed by atoms with Gasteiger partial charge in [-0.15, -0.1) is 11.8 Å². The number of hydrogen-bond donors (Lipinski definition) is 1. The molecule has 146 valence electrons. The van der Waals surface area contributed by atoms with Crippen LogP contribution in [0.2, 0.25) is 0 Å². The molecule has 3 aromatic rings. The lowest BCUT2D eigenvalue weighted by Gasteiger charge is -2.10. The molecule has 0 aliphatic rings. The molecule has 2 aromatic carbocycles. The van der Waals surface area contributed by atoms with Gasteiger partial charge in [-0.3, -0.25) is 4.79 Å². The molecule has 0 spiro atoms. The zero-order valence-corrected chi connectivity index (χ0v) is 16.3. The minimum Gasteiger partial charge on any atom is -0.467 e. The summed E-state index contributed by atoms with van der Waals surface area (Å²) in [5.74, 6) is 0.154. The lowest BCUT2D eigenvalue weighted by molar-refractivity contribution is -0.118. The molecule has 0 fully saturated rings. The molecule has 7 heteroatoms. The standard InChI is InChI=1S/C22H18N2O4S/c23-12-16-6-1-2-7-17(16)14-28-22(26)19-9-3-4-10-20(19)29-15-21(25)24-13-18-8-5-11-27-18/h1-11H,13-15H2,(H,24,25). The number of benzene rings is 2. The van der Waals surface area contributed by atoms with Crippen LogP contribution in [0.4, 0.5) is 0 Å². The van der Waals surface area contributed by atoms with Crippen LogP contribution in [-0.4, -0.2) is 17.6 Å². The van der Waals surface area contributed by atoms with Crippen molar-refractivity contribution in [2.75, 3.05) is 5.75 Å². The second kappa shape index (κ2) is 10.2. The molecule has 0 aliphatic carbocycles. The van der Waals surface area contributed by atoms with Crippen molar-refractivity contribution in [3.8, 4) is 6.07 Å². The minimum absolute atomic E-state index is 0.00516. The summed E-state index contributed by atoms with van der Waals surface area (Å²) in [6.07, 6.45) is 1.55. The Balaban J connectivity index is 1.57. The number of furan rings is 1. The highest BCUT2D eigenvalue weighted by Gasteiger charge is 2.15. The van der Waals surface area contributed by atoms with Crippen LogP contribution in [0.15, 0.2) is 76.2 Å². The van der Waals surface area contributed by atoms with Crippen molar-refractivity contribution in [3.05, 3.63) is 89.4 Å². The Morgan fingerprint density at radius 3 is 2.66 bits per heavy atom. The van der Waals surface area contributed by atoms with Crippen LogP contribution in [0.1, 0.15) is 27.2 Å². The van der Waals surface area contributed by atoms with Gasteiger partial charge in [0.1, 0.15) is 12.4 Å². The molecular formula is C22H18N2O4S. The summed E-state index contributed by atoms with van der Waals surface area (Å²) < 4.78 is 10.6. The van der Waals surface area contributed by atoms with Crippen molar-refractivity contribution in [1.29, 1.82) is 5.26 Å². The molecule has 1 N–H and O–H groups in total. The lowest BCUT2D eigenvalue weighted by atomic mass is 10.1. The van der Waals surface area contributed by atoms with Crippen LogP contribution in [0, 0.1) is 11.3 Å². The van der Waals surface area contributed by atoms with E-state index in [9.17, 15) is 9.59 Å². The molecule has 0 bridgehead atoms. The van der Waals surface area contributed by atoms with E-state index < -0.39 is 5.97 Å². The predicted octanol–water partition coefficient (Wildman–Crippen LogP) is 3.92. The van der Waals surface area contributed by atoms with Gasteiger partial charge in [-0.25, -0.2) is 4.79 Å². The van der Waals surface area contributed by atoms with Gasteiger partial charge < -0.3 is 14.5 Å². The number of nitrogens with zero attached hydrogens (tertiary/aromatic N) is 1. The SMILES string of the molecule is N#Cc1ccccc1COC(=O)c1ccccc1SCC(=O)NCc1ccco1. The molecule has 0 aliphatic heterocycles. The molecule has 1 aromatic heterocycles. The maximum Gasteiger partial charge on any atom is 0.339 e. The summed E-state index contributed by atoms with van der Waals surface area (Å²) in [6, 6.07) is 19.5. The van der Waals surface area contributed by atoms with Crippen LogP contribution in [0.25, 0.3) is 0 Å². The number of nitriles is 1. The molecule has 0 saturated carbocycles. The quantitative estimate of drug-likeness (QED) is 0.450. The number of nitrogens with one attached hydrogen (secondary N) is 1. The van der Waals surface area contributed by atoms with Crippen molar-refractivity contribution in [2.24, 2.45) is 0 Å². The van der Waals surface area contributed by atoms with E-state index in [1.807, 2.05) is 0 Å². The van der Waals surface area contributed by atoms with Crippen LogP contribution >= 0.6 is 11.8 Å². The molecule has 0 atom stereocenters. The van der Waals surface area contributed by atoms with Crippen LogP contribution in [0.5, 0.6) is 0 Å². The Hall–Kier alpha value is -3.50. The smallest absolute Gasteiger partial charge is 0.339 e. The number of esters is 1. The normalized spacial score (nSPS) is 10.2. The molecule has 0 saturated heterocycles. The number of rotatable bonds is 8. The monoisotopic (exact) mass is 406 g/mol. The first kappa shape index (κ1) is 20.2. The fraction of sp³-hybridized carbons (Fsp3) is 0.136. The third kappa shape index (κ3) is 5.74. The molecule has 29 heavy (non-hydrogen) atoms. The van der Waals surface area contributed by atoms with E-state index in [-0.39, 0.29) is 18.3 Å². The predicted molar refractivity (Wildman–Crippen MR) is 108 cm³/mol. The first-order chi connectivity index (χ1) is 14.2. The van der Waals surface area contributed by atoms with E-state index in [0.717, 1.165) is 0 Å². The Kier molecular flexibility index (Phi) is 7.09. The van der Waals surface area contributed by atoms with Gasteiger partial charge in [-0.1, -0.05) is 30.3 Å². The van der Waals surface area contributed by atoms with Crippen molar-refractivity contribution in [1.82, 2.24) is 5.32 Å². The van der Waals surface area contributed by atoms with Crippen molar-refractivity contribution in [3.63, 3.8) is 0 Å². The second-order valence-electron chi connectivity index (χ2n) is 5.99. The third-order valence-corrected chi connectivity index (χ3v) is 5.08.